The van der Waals surface area contributed by atoms with Crippen LogP contribution in [-0.4, -0.2) is 33.9 Å². The van der Waals surface area contributed by atoms with Crippen LogP contribution in [0, 0.1) is 0 Å². The van der Waals surface area contributed by atoms with Crippen LogP contribution in [-0.2, 0) is 4.79 Å². The van der Waals surface area contributed by atoms with Crippen molar-refractivity contribution in [3.63, 3.8) is 0 Å². The van der Waals surface area contributed by atoms with Gasteiger partial charge in [0.15, 0.2) is 5.82 Å². The van der Waals surface area contributed by atoms with E-state index in [1.165, 1.54) is 0 Å². The van der Waals surface area contributed by atoms with Crippen LogP contribution in [0.15, 0.2) is 48.8 Å². The number of amides is 1. The number of hydrogen-bond acceptors (Lipinski definition) is 3. The predicted molar refractivity (Wildman–Crippen MR) is 84.4 cm³/mol. The Morgan fingerprint density at radius 2 is 1.71 bits per heavy atom. The maximum absolute atomic E-state index is 11.9. The van der Waals surface area contributed by atoms with Gasteiger partial charge in [0.1, 0.15) is 0 Å². The molecule has 0 spiro atoms. The Bertz CT molecular complexity index is 602. The van der Waals surface area contributed by atoms with Gasteiger partial charge in [-0.15, -0.1) is 0 Å². The number of rotatable bonds is 5. The first-order valence-corrected chi connectivity index (χ1v) is 7.09. The number of likely N-dealkylation sites (N-methyl/N-ethyl adjacent to an activating group) is 1. The lowest BCUT2D eigenvalue weighted by molar-refractivity contribution is -0.125. The van der Waals surface area contributed by atoms with Gasteiger partial charge in [-0.2, -0.15) is 0 Å². The molecule has 2 rings (SSSR count). The van der Waals surface area contributed by atoms with Gasteiger partial charge in [0.05, 0.1) is 0 Å². The average Bonchev–Trinajstić information content (AvgIpc) is 2.55. The Hall–Kier alpha value is -2.49. The average molecular weight is 281 g/mol. The van der Waals surface area contributed by atoms with Crippen LogP contribution in [0.25, 0.3) is 17.5 Å². The molecule has 2 aromatic rings. The fourth-order valence-electron chi connectivity index (χ4n) is 1.97. The highest BCUT2D eigenvalue weighted by Crippen LogP contribution is 2.13. The molecule has 1 heterocycles. The molecule has 0 aliphatic carbocycles. The molecule has 4 nitrogen and oxygen atoms in total. The smallest absolute Gasteiger partial charge is 0.246 e. The van der Waals surface area contributed by atoms with Gasteiger partial charge in [0.2, 0.25) is 5.91 Å². The Morgan fingerprint density at radius 3 is 2.29 bits per heavy atom. The van der Waals surface area contributed by atoms with Gasteiger partial charge >= 0.3 is 0 Å². The van der Waals surface area contributed by atoms with Crippen LogP contribution in [0.2, 0.25) is 0 Å². The van der Waals surface area contributed by atoms with E-state index < -0.39 is 0 Å². The van der Waals surface area contributed by atoms with Crippen molar-refractivity contribution in [1.29, 1.82) is 0 Å². The Kier molecular flexibility index (Phi) is 5.21. The predicted octanol–water partition coefficient (Wildman–Crippen LogP) is 3.03. The topological polar surface area (TPSA) is 46.1 Å². The molecule has 0 aliphatic rings. The van der Waals surface area contributed by atoms with Gasteiger partial charge in [-0.3, -0.25) is 4.79 Å². The van der Waals surface area contributed by atoms with Crippen molar-refractivity contribution in [3.05, 3.63) is 54.4 Å². The maximum atomic E-state index is 11.9. The molecule has 0 fully saturated rings. The van der Waals surface area contributed by atoms with Crippen LogP contribution in [0.1, 0.15) is 19.4 Å². The Morgan fingerprint density at radius 1 is 1.10 bits per heavy atom. The summed E-state index contributed by atoms with van der Waals surface area (Å²) in [4.78, 5) is 22.3. The third-order valence-corrected chi connectivity index (χ3v) is 3.20. The van der Waals surface area contributed by atoms with Crippen molar-refractivity contribution in [2.75, 3.05) is 13.1 Å². The van der Waals surface area contributed by atoms with Gasteiger partial charge in [-0.1, -0.05) is 30.3 Å². The normalized spacial score (nSPS) is 10.8. The van der Waals surface area contributed by atoms with E-state index >= 15 is 0 Å². The molecule has 1 aromatic carbocycles. The lowest BCUT2D eigenvalue weighted by atomic mass is 10.2. The molecular weight excluding hydrogens is 262 g/mol. The van der Waals surface area contributed by atoms with E-state index in [-0.39, 0.29) is 5.91 Å². The summed E-state index contributed by atoms with van der Waals surface area (Å²) in [5.41, 5.74) is 1.79. The minimum absolute atomic E-state index is 0.00661. The second-order valence-corrected chi connectivity index (χ2v) is 4.55. The van der Waals surface area contributed by atoms with Crippen LogP contribution < -0.4 is 0 Å². The number of carbonyl (C=O) groups excluding carboxylic acids is 1. The molecule has 0 radical (unpaired) electrons. The molecule has 0 saturated carbocycles. The van der Waals surface area contributed by atoms with Crippen molar-refractivity contribution in [2.24, 2.45) is 0 Å². The second-order valence-electron chi connectivity index (χ2n) is 4.55. The third-order valence-electron chi connectivity index (χ3n) is 3.20. The largest absolute Gasteiger partial charge is 0.340 e. The summed E-state index contributed by atoms with van der Waals surface area (Å²) in [5, 5.41) is 0. The van der Waals surface area contributed by atoms with Gasteiger partial charge < -0.3 is 4.90 Å². The van der Waals surface area contributed by atoms with Gasteiger partial charge in [0.25, 0.3) is 0 Å². The number of nitrogens with zero attached hydrogens (tertiary/aromatic N) is 3. The summed E-state index contributed by atoms with van der Waals surface area (Å²) in [6.45, 7) is 5.35. The lowest BCUT2D eigenvalue weighted by Crippen LogP contribution is -2.28. The third kappa shape index (κ3) is 3.99. The van der Waals surface area contributed by atoms with E-state index in [9.17, 15) is 4.79 Å². The number of aromatic nitrogens is 2. The molecule has 21 heavy (non-hydrogen) atoms. The standard InChI is InChI=1S/C17H19N3O/c1-3-20(4-2)16(21)11-10-14-12-18-17(19-13-14)15-8-6-5-7-9-15/h5-13H,3-4H2,1-2H3. The lowest BCUT2D eigenvalue weighted by Gasteiger charge is -2.15. The molecule has 1 aromatic heterocycles. The van der Waals surface area contributed by atoms with Crippen molar-refractivity contribution >= 4 is 12.0 Å². The van der Waals surface area contributed by atoms with Crippen LogP contribution >= 0.6 is 0 Å². The molecule has 4 heteroatoms. The minimum atomic E-state index is 0.00661. The minimum Gasteiger partial charge on any atom is -0.340 e. The van der Waals surface area contributed by atoms with Gasteiger partial charge in [-0.25, -0.2) is 9.97 Å². The fraction of sp³-hybridized carbons (Fsp3) is 0.235. The highest BCUT2D eigenvalue weighted by atomic mass is 16.2. The van der Waals surface area contributed by atoms with Crippen molar-refractivity contribution < 1.29 is 4.79 Å². The molecular formula is C17H19N3O. The Balaban J connectivity index is 2.08. The van der Waals surface area contributed by atoms with Crippen LogP contribution in [0.3, 0.4) is 0 Å². The van der Waals surface area contributed by atoms with E-state index in [2.05, 4.69) is 9.97 Å². The zero-order valence-electron chi connectivity index (χ0n) is 12.4. The molecule has 0 bridgehead atoms. The van der Waals surface area contributed by atoms with E-state index in [0.29, 0.717) is 18.9 Å². The zero-order valence-corrected chi connectivity index (χ0v) is 12.4. The van der Waals surface area contributed by atoms with Crippen molar-refractivity contribution in [2.45, 2.75) is 13.8 Å². The van der Waals surface area contributed by atoms with E-state index in [1.807, 2.05) is 44.2 Å². The summed E-state index contributed by atoms with van der Waals surface area (Å²) in [6.07, 6.45) is 6.76. The van der Waals surface area contributed by atoms with E-state index in [1.54, 1.807) is 29.4 Å². The summed E-state index contributed by atoms with van der Waals surface area (Å²) < 4.78 is 0. The number of hydrogen-bond donors (Lipinski definition) is 0. The molecule has 0 saturated heterocycles. The van der Waals surface area contributed by atoms with E-state index in [4.69, 9.17) is 0 Å². The van der Waals surface area contributed by atoms with Crippen molar-refractivity contribution in [1.82, 2.24) is 14.9 Å². The summed E-state index contributed by atoms with van der Waals surface area (Å²) in [5.74, 6) is 0.690. The SMILES string of the molecule is CCN(CC)C(=O)C=Cc1cnc(-c2ccccc2)nc1. The highest BCUT2D eigenvalue weighted by molar-refractivity contribution is 5.91. The van der Waals surface area contributed by atoms with Crippen LogP contribution in [0.5, 0.6) is 0 Å². The molecule has 1 amide bonds. The first kappa shape index (κ1) is 14.9. The molecule has 0 unspecified atom stereocenters. The molecule has 108 valence electrons. The van der Waals surface area contributed by atoms with Gasteiger partial charge in [-0.05, 0) is 19.9 Å². The van der Waals surface area contributed by atoms with Crippen LogP contribution in [0.4, 0.5) is 0 Å². The first-order valence-electron chi connectivity index (χ1n) is 7.09. The summed E-state index contributed by atoms with van der Waals surface area (Å²) >= 11 is 0. The first-order chi connectivity index (χ1) is 10.2. The number of carbonyl (C=O) groups is 1. The highest BCUT2D eigenvalue weighted by Gasteiger charge is 2.04. The maximum Gasteiger partial charge on any atom is 0.246 e. The second kappa shape index (κ2) is 7.33. The zero-order chi connectivity index (χ0) is 15.1. The quantitative estimate of drug-likeness (QED) is 0.791. The molecule has 0 aliphatic heterocycles. The van der Waals surface area contributed by atoms with E-state index in [0.717, 1.165) is 11.1 Å². The fourth-order valence-corrected chi connectivity index (χ4v) is 1.97. The molecule has 0 N–H and O–H groups in total. The number of benzene rings is 1. The summed E-state index contributed by atoms with van der Waals surface area (Å²) in [6, 6.07) is 9.80. The Labute approximate surface area is 125 Å². The molecule has 0 atom stereocenters. The van der Waals surface area contributed by atoms with Gasteiger partial charge in [0, 0.05) is 42.7 Å². The monoisotopic (exact) mass is 281 g/mol. The summed E-state index contributed by atoms with van der Waals surface area (Å²) in [7, 11) is 0. The van der Waals surface area contributed by atoms with Crippen molar-refractivity contribution in [3.8, 4) is 11.4 Å².